The Hall–Kier alpha value is -4.38. The van der Waals surface area contributed by atoms with E-state index in [1.54, 1.807) is 24.3 Å². The van der Waals surface area contributed by atoms with Crippen LogP contribution < -0.4 is 5.32 Å². The highest BCUT2D eigenvalue weighted by molar-refractivity contribution is 6.19. The lowest BCUT2D eigenvalue weighted by molar-refractivity contribution is -0.115. The highest BCUT2D eigenvalue weighted by Crippen LogP contribution is 2.29. The average Bonchev–Trinajstić information content (AvgIpc) is 3.31. The molecule has 1 aliphatic carbocycles. The number of fused-ring (bicyclic) bond motifs is 1. The largest absolute Gasteiger partial charge is 0.478 e. The summed E-state index contributed by atoms with van der Waals surface area (Å²) in [6.45, 7) is 1.03. The van der Waals surface area contributed by atoms with Crippen LogP contribution in [0.5, 0.6) is 0 Å². The molecule has 1 aliphatic rings. The minimum atomic E-state index is -0.962. The summed E-state index contributed by atoms with van der Waals surface area (Å²) in [5.41, 5.74) is 7.48. The Balaban J connectivity index is 1.30. The van der Waals surface area contributed by atoms with E-state index in [1.807, 2.05) is 24.3 Å². The summed E-state index contributed by atoms with van der Waals surface area (Å²) in [5.74, 6) is -1.08. The van der Waals surface area contributed by atoms with Crippen molar-refractivity contribution in [3.63, 3.8) is 0 Å². The molecule has 0 bridgehead atoms. The zero-order valence-corrected chi connectivity index (χ0v) is 19.3. The molecule has 0 unspecified atom stereocenters. The molecule has 174 valence electrons. The summed E-state index contributed by atoms with van der Waals surface area (Å²) in [4.78, 5) is 24.2. The van der Waals surface area contributed by atoms with Gasteiger partial charge in [-0.05, 0) is 58.9 Å². The van der Waals surface area contributed by atoms with Gasteiger partial charge in [0, 0.05) is 19.3 Å². The topological polar surface area (TPSA) is 71.3 Å². The number of aromatic nitrogens is 1. The Morgan fingerprint density at radius 3 is 2.23 bits per heavy atom. The molecule has 1 aromatic heterocycles. The van der Waals surface area contributed by atoms with Crippen molar-refractivity contribution in [1.82, 2.24) is 9.88 Å². The smallest absolute Gasteiger partial charge is 0.335 e. The Morgan fingerprint density at radius 1 is 0.829 bits per heavy atom. The van der Waals surface area contributed by atoms with Crippen LogP contribution in [0.3, 0.4) is 0 Å². The maximum Gasteiger partial charge on any atom is 0.335 e. The quantitative estimate of drug-likeness (QED) is 0.378. The first-order chi connectivity index (χ1) is 17.1. The van der Waals surface area contributed by atoms with E-state index in [4.69, 9.17) is 5.11 Å². The lowest BCUT2D eigenvalue weighted by atomic mass is 9.96. The number of amides is 1. The predicted octanol–water partition coefficient (Wildman–Crippen LogP) is 5.55. The van der Waals surface area contributed by atoms with Crippen molar-refractivity contribution < 1.29 is 14.7 Å². The summed E-state index contributed by atoms with van der Waals surface area (Å²) >= 11 is 0. The monoisotopic (exact) mass is 462 g/mol. The maximum absolute atomic E-state index is 13.1. The Morgan fingerprint density at radius 2 is 1.51 bits per heavy atom. The van der Waals surface area contributed by atoms with Crippen LogP contribution in [0.15, 0.2) is 97.2 Å². The standard InChI is InChI=1S/C30H26N2O3/c33-29(31-19-21-9-15-26(16-10-21)30(34)35)27-8-4-7-25-17-18-32(28(25)27)20-22-11-13-24(14-12-22)23-5-2-1-3-6-23/h1-3,5-6,8-18H,4,7,19-20H2,(H,31,33)(H,34,35). The molecule has 35 heavy (non-hydrogen) atoms. The molecular weight excluding hydrogens is 436 g/mol. The highest BCUT2D eigenvalue weighted by Gasteiger charge is 2.22. The van der Waals surface area contributed by atoms with Crippen molar-refractivity contribution >= 4 is 17.4 Å². The first-order valence-electron chi connectivity index (χ1n) is 11.7. The van der Waals surface area contributed by atoms with Gasteiger partial charge in [-0.1, -0.05) is 72.8 Å². The van der Waals surface area contributed by atoms with Crippen molar-refractivity contribution in [3.8, 4) is 11.1 Å². The number of carboxylic acid groups (broad SMARTS) is 1. The van der Waals surface area contributed by atoms with Crippen molar-refractivity contribution in [3.05, 3.63) is 125 Å². The number of carbonyl (C=O) groups excluding carboxylic acids is 1. The van der Waals surface area contributed by atoms with Crippen LogP contribution >= 0.6 is 0 Å². The third-order valence-corrected chi connectivity index (χ3v) is 6.38. The minimum Gasteiger partial charge on any atom is -0.478 e. The molecule has 5 nitrogen and oxygen atoms in total. The molecule has 5 rings (SSSR count). The van der Waals surface area contributed by atoms with Crippen LogP contribution in [-0.2, 0) is 24.3 Å². The summed E-state index contributed by atoms with van der Waals surface area (Å²) < 4.78 is 2.15. The zero-order chi connectivity index (χ0) is 24.2. The number of carboxylic acids is 1. The molecule has 5 heteroatoms. The SMILES string of the molecule is O=C(NCc1ccc(C(=O)O)cc1)C1=CCCc2ccn(Cc3ccc(-c4ccccc4)cc3)c21. The van der Waals surface area contributed by atoms with E-state index in [2.05, 4.69) is 58.5 Å². The lowest BCUT2D eigenvalue weighted by Gasteiger charge is -2.18. The van der Waals surface area contributed by atoms with Crippen molar-refractivity contribution in [2.45, 2.75) is 25.9 Å². The molecule has 4 aromatic rings. The van der Waals surface area contributed by atoms with Crippen LogP contribution in [0.2, 0.25) is 0 Å². The number of carbonyl (C=O) groups is 2. The van der Waals surface area contributed by atoms with E-state index in [0.717, 1.165) is 24.1 Å². The molecule has 1 amide bonds. The van der Waals surface area contributed by atoms with Crippen molar-refractivity contribution in [1.29, 1.82) is 0 Å². The Bertz CT molecular complexity index is 1380. The molecule has 1 heterocycles. The van der Waals surface area contributed by atoms with E-state index >= 15 is 0 Å². The van der Waals surface area contributed by atoms with Gasteiger partial charge in [-0.3, -0.25) is 4.79 Å². The average molecular weight is 463 g/mol. The van der Waals surface area contributed by atoms with E-state index in [1.165, 1.54) is 22.3 Å². The van der Waals surface area contributed by atoms with E-state index < -0.39 is 5.97 Å². The molecule has 3 aromatic carbocycles. The summed E-state index contributed by atoms with van der Waals surface area (Å²) in [6.07, 6.45) is 5.83. The van der Waals surface area contributed by atoms with Gasteiger partial charge in [0.15, 0.2) is 0 Å². The summed E-state index contributed by atoms with van der Waals surface area (Å²) in [7, 11) is 0. The van der Waals surface area contributed by atoms with Gasteiger partial charge < -0.3 is 15.0 Å². The molecule has 0 radical (unpaired) electrons. The normalized spacial score (nSPS) is 12.5. The second-order valence-electron chi connectivity index (χ2n) is 8.72. The van der Waals surface area contributed by atoms with Gasteiger partial charge in [-0.15, -0.1) is 0 Å². The molecule has 2 N–H and O–H groups in total. The van der Waals surface area contributed by atoms with Gasteiger partial charge in [0.2, 0.25) is 0 Å². The number of nitrogens with zero attached hydrogens (tertiary/aromatic N) is 1. The third-order valence-electron chi connectivity index (χ3n) is 6.38. The molecule has 0 spiro atoms. The number of benzene rings is 3. The molecule has 0 fully saturated rings. The fourth-order valence-corrected chi connectivity index (χ4v) is 4.52. The minimum absolute atomic E-state index is 0.118. The third kappa shape index (κ3) is 4.94. The fourth-order valence-electron chi connectivity index (χ4n) is 4.52. The first kappa shape index (κ1) is 22.4. The van der Waals surface area contributed by atoms with Crippen LogP contribution in [0.1, 0.15) is 39.2 Å². The molecular formula is C30H26N2O3. The van der Waals surface area contributed by atoms with Crippen LogP contribution in [0.4, 0.5) is 0 Å². The molecule has 0 saturated heterocycles. The van der Waals surface area contributed by atoms with Crippen LogP contribution in [0.25, 0.3) is 16.7 Å². The number of aryl methyl sites for hydroxylation is 1. The van der Waals surface area contributed by atoms with E-state index in [-0.39, 0.29) is 11.5 Å². The summed E-state index contributed by atoms with van der Waals surface area (Å²) in [5, 5.41) is 12.1. The number of hydrogen-bond donors (Lipinski definition) is 2. The highest BCUT2D eigenvalue weighted by atomic mass is 16.4. The zero-order valence-electron chi connectivity index (χ0n) is 19.3. The second-order valence-corrected chi connectivity index (χ2v) is 8.72. The number of allylic oxidation sites excluding steroid dienone is 1. The van der Waals surface area contributed by atoms with Gasteiger partial charge in [-0.2, -0.15) is 0 Å². The number of aromatic carboxylic acids is 1. The number of hydrogen-bond acceptors (Lipinski definition) is 2. The van der Waals surface area contributed by atoms with Crippen LogP contribution in [-0.4, -0.2) is 21.6 Å². The number of nitrogens with one attached hydrogen (secondary N) is 1. The van der Waals surface area contributed by atoms with Gasteiger partial charge in [-0.25, -0.2) is 4.79 Å². The van der Waals surface area contributed by atoms with Gasteiger partial charge in [0.25, 0.3) is 5.91 Å². The Labute approximate surface area is 204 Å². The van der Waals surface area contributed by atoms with Gasteiger partial charge >= 0.3 is 5.97 Å². The second kappa shape index (κ2) is 9.85. The van der Waals surface area contributed by atoms with E-state index in [0.29, 0.717) is 18.7 Å². The van der Waals surface area contributed by atoms with Crippen LogP contribution in [0, 0.1) is 0 Å². The fraction of sp³-hybridized carbons (Fsp3) is 0.133. The molecule has 0 saturated carbocycles. The summed E-state index contributed by atoms with van der Waals surface area (Å²) in [6, 6.07) is 27.5. The van der Waals surface area contributed by atoms with Crippen molar-refractivity contribution in [2.24, 2.45) is 0 Å². The van der Waals surface area contributed by atoms with E-state index in [9.17, 15) is 9.59 Å². The maximum atomic E-state index is 13.1. The lowest BCUT2D eigenvalue weighted by Crippen LogP contribution is -2.26. The molecule has 0 atom stereocenters. The predicted molar refractivity (Wildman–Crippen MR) is 137 cm³/mol. The Kier molecular flexibility index (Phi) is 6.31. The molecule has 0 aliphatic heterocycles. The van der Waals surface area contributed by atoms with Gasteiger partial charge in [0.1, 0.15) is 0 Å². The first-order valence-corrected chi connectivity index (χ1v) is 11.7. The number of rotatable bonds is 7. The van der Waals surface area contributed by atoms with Gasteiger partial charge in [0.05, 0.1) is 16.8 Å². The van der Waals surface area contributed by atoms with Crippen molar-refractivity contribution in [2.75, 3.05) is 0 Å².